The standard InChI is InChI=1S/C15H26N2O3S/c1-21-13-7-4-5-11(9-13)16-15(20)17-8-3-2-6-12(17)10-14(18)19/h11-13H,2-10H2,1H3,(H,16,20)(H,18,19). The average Bonchev–Trinajstić information content (AvgIpc) is 2.47. The maximum Gasteiger partial charge on any atom is 0.317 e. The minimum atomic E-state index is -0.820. The van der Waals surface area contributed by atoms with Crippen LogP contribution in [0.15, 0.2) is 0 Å². The summed E-state index contributed by atoms with van der Waals surface area (Å²) in [5.41, 5.74) is 0. The van der Waals surface area contributed by atoms with Crippen LogP contribution in [-0.2, 0) is 4.79 Å². The Kier molecular flexibility index (Phi) is 6.21. The van der Waals surface area contributed by atoms with Crippen LogP contribution in [0.5, 0.6) is 0 Å². The zero-order valence-corrected chi connectivity index (χ0v) is 13.5. The maximum absolute atomic E-state index is 12.5. The van der Waals surface area contributed by atoms with Gasteiger partial charge in [-0.25, -0.2) is 4.79 Å². The fraction of sp³-hybridized carbons (Fsp3) is 0.867. The molecule has 5 nitrogen and oxygen atoms in total. The Morgan fingerprint density at radius 3 is 2.76 bits per heavy atom. The number of carbonyl (C=O) groups is 2. The number of carboxylic acid groups (broad SMARTS) is 1. The lowest BCUT2D eigenvalue weighted by Crippen LogP contribution is -2.52. The quantitative estimate of drug-likeness (QED) is 0.837. The van der Waals surface area contributed by atoms with Crippen LogP contribution in [0.2, 0.25) is 0 Å². The number of rotatable bonds is 4. The van der Waals surface area contributed by atoms with Gasteiger partial charge in [0, 0.05) is 23.9 Å². The lowest BCUT2D eigenvalue weighted by Gasteiger charge is -2.37. The number of amides is 2. The smallest absolute Gasteiger partial charge is 0.317 e. The molecular weight excluding hydrogens is 288 g/mol. The molecule has 1 saturated heterocycles. The van der Waals surface area contributed by atoms with Gasteiger partial charge in [0.05, 0.1) is 6.42 Å². The SMILES string of the molecule is CSC1CCCC(NC(=O)N2CCCCC2CC(=O)O)C1. The molecule has 3 atom stereocenters. The lowest BCUT2D eigenvalue weighted by atomic mass is 9.95. The molecule has 0 aromatic heterocycles. The van der Waals surface area contributed by atoms with E-state index in [1.807, 2.05) is 11.8 Å². The summed E-state index contributed by atoms with van der Waals surface area (Å²) in [4.78, 5) is 25.2. The van der Waals surface area contributed by atoms with Crippen LogP contribution >= 0.6 is 11.8 Å². The van der Waals surface area contributed by atoms with Crippen molar-refractivity contribution in [3.05, 3.63) is 0 Å². The second-order valence-corrected chi connectivity index (χ2v) is 7.25. The highest BCUT2D eigenvalue weighted by atomic mass is 32.2. The van der Waals surface area contributed by atoms with Crippen molar-refractivity contribution in [3.8, 4) is 0 Å². The molecule has 3 unspecified atom stereocenters. The molecule has 0 aromatic rings. The van der Waals surface area contributed by atoms with Crippen molar-refractivity contribution in [2.24, 2.45) is 0 Å². The third-order valence-electron chi connectivity index (χ3n) is 4.59. The Bertz CT molecular complexity index is 378. The maximum atomic E-state index is 12.5. The van der Waals surface area contributed by atoms with Gasteiger partial charge in [-0.1, -0.05) is 6.42 Å². The van der Waals surface area contributed by atoms with Crippen molar-refractivity contribution in [1.82, 2.24) is 10.2 Å². The number of carboxylic acids is 1. The van der Waals surface area contributed by atoms with Gasteiger partial charge in [0.25, 0.3) is 0 Å². The number of carbonyl (C=O) groups excluding carboxylic acids is 1. The summed E-state index contributed by atoms with van der Waals surface area (Å²) in [5, 5.41) is 12.8. The van der Waals surface area contributed by atoms with Crippen molar-refractivity contribution in [3.63, 3.8) is 0 Å². The van der Waals surface area contributed by atoms with Crippen LogP contribution in [0.4, 0.5) is 4.79 Å². The fourth-order valence-electron chi connectivity index (χ4n) is 3.43. The van der Waals surface area contributed by atoms with Crippen LogP contribution in [0.1, 0.15) is 51.4 Å². The summed E-state index contributed by atoms with van der Waals surface area (Å²) in [5.74, 6) is -0.820. The van der Waals surface area contributed by atoms with Gasteiger partial charge in [0.1, 0.15) is 0 Å². The number of nitrogens with zero attached hydrogens (tertiary/aromatic N) is 1. The Morgan fingerprint density at radius 1 is 1.24 bits per heavy atom. The monoisotopic (exact) mass is 314 g/mol. The summed E-state index contributed by atoms with van der Waals surface area (Å²) < 4.78 is 0. The van der Waals surface area contributed by atoms with Crippen molar-refractivity contribution in [2.75, 3.05) is 12.8 Å². The van der Waals surface area contributed by atoms with Crippen molar-refractivity contribution in [1.29, 1.82) is 0 Å². The van der Waals surface area contributed by atoms with Crippen molar-refractivity contribution < 1.29 is 14.7 Å². The molecule has 21 heavy (non-hydrogen) atoms. The third kappa shape index (κ3) is 4.80. The summed E-state index contributed by atoms with van der Waals surface area (Å²) >= 11 is 1.88. The first-order chi connectivity index (χ1) is 10.1. The molecule has 6 heteroatoms. The van der Waals surface area contributed by atoms with Gasteiger partial charge in [-0.15, -0.1) is 0 Å². The number of thioether (sulfide) groups is 1. The molecule has 2 aliphatic rings. The first-order valence-corrected chi connectivity index (χ1v) is 9.20. The summed E-state index contributed by atoms with van der Waals surface area (Å²) in [6.45, 7) is 0.683. The van der Waals surface area contributed by atoms with Gasteiger partial charge < -0.3 is 15.3 Å². The highest BCUT2D eigenvalue weighted by Gasteiger charge is 2.30. The number of hydrogen-bond donors (Lipinski definition) is 2. The predicted molar refractivity (Wildman–Crippen MR) is 84.7 cm³/mol. The van der Waals surface area contributed by atoms with E-state index in [0.717, 1.165) is 38.5 Å². The van der Waals surface area contributed by atoms with Gasteiger partial charge in [0.15, 0.2) is 0 Å². The summed E-state index contributed by atoms with van der Waals surface area (Å²) in [7, 11) is 0. The molecule has 2 amide bonds. The second-order valence-electron chi connectivity index (χ2n) is 6.11. The van der Waals surface area contributed by atoms with Gasteiger partial charge >= 0.3 is 12.0 Å². The first-order valence-electron chi connectivity index (χ1n) is 7.92. The Balaban J connectivity index is 1.89. The summed E-state index contributed by atoms with van der Waals surface area (Å²) in [6, 6.07) is 0.0417. The number of urea groups is 1. The largest absolute Gasteiger partial charge is 0.481 e. The van der Waals surface area contributed by atoms with E-state index in [9.17, 15) is 9.59 Å². The lowest BCUT2D eigenvalue weighted by molar-refractivity contribution is -0.138. The van der Waals surface area contributed by atoms with Crippen LogP contribution in [0.25, 0.3) is 0 Å². The van der Waals surface area contributed by atoms with E-state index >= 15 is 0 Å². The van der Waals surface area contributed by atoms with Crippen LogP contribution in [0.3, 0.4) is 0 Å². The van der Waals surface area contributed by atoms with Crippen molar-refractivity contribution >= 4 is 23.8 Å². The molecular formula is C15H26N2O3S. The van der Waals surface area contributed by atoms with Gasteiger partial charge in [-0.05, 0) is 44.8 Å². The molecule has 1 aliphatic heterocycles. The Morgan fingerprint density at radius 2 is 2.05 bits per heavy atom. The molecule has 0 spiro atoms. The number of nitrogens with one attached hydrogen (secondary N) is 1. The molecule has 1 aliphatic carbocycles. The van der Waals surface area contributed by atoms with Gasteiger partial charge in [-0.3, -0.25) is 4.79 Å². The zero-order valence-electron chi connectivity index (χ0n) is 12.7. The molecule has 2 N–H and O–H groups in total. The van der Waals surface area contributed by atoms with E-state index in [-0.39, 0.29) is 24.5 Å². The number of likely N-dealkylation sites (tertiary alicyclic amines) is 1. The molecule has 2 fully saturated rings. The van der Waals surface area contributed by atoms with E-state index in [0.29, 0.717) is 11.8 Å². The van der Waals surface area contributed by atoms with Crippen LogP contribution < -0.4 is 5.32 Å². The third-order valence-corrected chi connectivity index (χ3v) is 5.68. The molecule has 0 aromatic carbocycles. The minimum absolute atomic E-state index is 0.0610. The Hall–Kier alpha value is -0.910. The topological polar surface area (TPSA) is 69.6 Å². The van der Waals surface area contributed by atoms with Gasteiger partial charge in [-0.2, -0.15) is 11.8 Å². The number of hydrogen-bond acceptors (Lipinski definition) is 3. The predicted octanol–water partition coefficient (Wildman–Crippen LogP) is 2.70. The minimum Gasteiger partial charge on any atom is -0.481 e. The second kappa shape index (κ2) is 7.92. The molecule has 1 heterocycles. The van der Waals surface area contributed by atoms with Gasteiger partial charge in [0.2, 0.25) is 0 Å². The number of aliphatic carboxylic acids is 1. The first kappa shape index (κ1) is 16.5. The molecule has 1 saturated carbocycles. The van der Waals surface area contributed by atoms with E-state index in [4.69, 9.17) is 5.11 Å². The van der Waals surface area contributed by atoms with E-state index < -0.39 is 5.97 Å². The molecule has 120 valence electrons. The molecule has 2 rings (SSSR count). The normalized spacial score (nSPS) is 30.0. The zero-order chi connectivity index (χ0) is 15.2. The average molecular weight is 314 g/mol. The highest BCUT2D eigenvalue weighted by Crippen LogP contribution is 2.27. The number of piperidine rings is 1. The highest BCUT2D eigenvalue weighted by molar-refractivity contribution is 7.99. The van der Waals surface area contributed by atoms with Crippen LogP contribution in [-0.4, -0.2) is 52.1 Å². The van der Waals surface area contributed by atoms with E-state index in [1.54, 1.807) is 4.90 Å². The Labute approximate surface area is 130 Å². The fourth-order valence-corrected chi connectivity index (χ4v) is 4.26. The van der Waals surface area contributed by atoms with E-state index in [2.05, 4.69) is 11.6 Å². The van der Waals surface area contributed by atoms with Crippen molar-refractivity contribution in [2.45, 2.75) is 68.7 Å². The molecule has 0 bridgehead atoms. The van der Waals surface area contributed by atoms with E-state index in [1.165, 1.54) is 6.42 Å². The summed E-state index contributed by atoms with van der Waals surface area (Å²) in [6.07, 6.45) is 9.45. The van der Waals surface area contributed by atoms with Crippen LogP contribution in [0, 0.1) is 0 Å². The molecule has 0 radical (unpaired) electrons.